The minimum atomic E-state index is -1.48. The molecule has 0 unspecified atom stereocenters. The lowest BCUT2D eigenvalue weighted by atomic mass is 10.1. The maximum atomic E-state index is 13.9. The fourth-order valence-electron chi connectivity index (χ4n) is 2.71. The smallest absolute Gasteiger partial charge is 0.338 e. The van der Waals surface area contributed by atoms with Crippen LogP contribution in [0.15, 0.2) is 36.4 Å². The molecule has 0 bridgehead atoms. The molecule has 0 radical (unpaired) electrons. The van der Waals surface area contributed by atoms with E-state index in [2.05, 4.69) is 5.32 Å². The van der Waals surface area contributed by atoms with Crippen LogP contribution in [0.25, 0.3) is 0 Å². The second-order valence-electron chi connectivity index (χ2n) is 5.11. The molecule has 2 aromatic carbocycles. The maximum Gasteiger partial charge on any atom is 0.338 e. The number of hydrogen-bond donors (Lipinski definition) is 2. The van der Waals surface area contributed by atoms with E-state index in [1.807, 2.05) is 24.3 Å². The van der Waals surface area contributed by atoms with E-state index >= 15 is 0 Å². The SMILES string of the molecule is O=C(O)c1ccc(NC2Cc3ccccc3C2)c(F)c1F. The molecule has 108 valence electrons. The predicted octanol–water partition coefficient (Wildman–Crippen LogP) is 3.24. The quantitative estimate of drug-likeness (QED) is 0.912. The molecule has 0 aromatic heterocycles. The molecule has 2 N–H and O–H groups in total. The summed E-state index contributed by atoms with van der Waals surface area (Å²) in [5.74, 6) is -3.96. The Morgan fingerprint density at radius 2 is 1.67 bits per heavy atom. The number of benzene rings is 2. The molecule has 0 amide bonds. The van der Waals surface area contributed by atoms with Crippen LogP contribution in [0.2, 0.25) is 0 Å². The van der Waals surface area contributed by atoms with Crippen molar-refractivity contribution < 1.29 is 18.7 Å². The van der Waals surface area contributed by atoms with Crippen LogP contribution in [0, 0.1) is 11.6 Å². The van der Waals surface area contributed by atoms with Crippen molar-refractivity contribution in [2.45, 2.75) is 18.9 Å². The van der Waals surface area contributed by atoms with Crippen LogP contribution in [-0.2, 0) is 12.8 Å². The van der Waals surface area contributed by atoms with Crippen LogP contribution in [0.1, 0.15) is 21.5 Å². The molecule has 0 spiro atoms. The standard InChI is InChI=1S/C16H13F2NO2/c17-14-12(16(20)21)5-6-13(15(14)18)19-11-7-9-3-1-2-4-10(9)8-11/h1-6,11,19H,7-8H2,(H,20,21). The number of carboxylic acids is 1. The minimum Gasteiger partial charge on any atom is -0.478 e. The number of hydrogen-bond acceptors (Lipinski definition) is 2. The van der Waals surface area contributed by atoms with Crippen LogP contribution in [0.5, 0.6) is 0 Å². The van der Waals surface area contributed by atoms with Crippen molar-refractivity contribution in [2.75, 3.05) is 5.32 Å². The first-order chi connectivity index (χ1) is 10.1. The van der Waals surface area contributed by atoms with Crippen LogP contribution >= 0.6 is 0 Å². The molecule has 3 rings (SSSR count). The van der Waals surface area contributed by atoms with Crippen molar-refractivity contribution in [1.82, 2.24) is 0 Å². The third-order valence-corrected chi connectivity index (χ3v) is 3.72. The van der Waals surface area contributed by atoms with Crippen molar-refractivity contribution in [3.8, 4) is 0 Å². The number of carbonyl (C=O) groups is 1. The van der Waals surface area contributed by atoms with Gasteiger partial charge in [0.2, 0.25) is 0 Å². The van der Waals surface area contributed by atoms with Gasteiger partial charge in [0.05, 0.1) is 11.3 Å². The first-order valence-electron chi connectivity index (χ1n) is 6.61. The highest BCUT2D eigenvalue weighted by molar-refractivity contribution is 5.88. The molecule has 21 heavy (non-hydrogen) atoms. The largest absolute Gasteiger partial charge is 0.478 e. The minimum absolute atomic E-state index is 0.00435. The highest BCUT2D eigenvalue weighted by Crippen LogP contribution is 2.27. The average molecular weight is 289 g/mol. The molecule has 0 aliphatic heterocycles. The second-order valence-corrected chi connectivity index (χ2v) is 5.11. The number of nitrogens with one attached hydrogen (secondary N) is 1. The number of halogens is 2. The fourth-order valence-corrected chi connectivity index (χ4v) is 2.71. The van der Waals surface area contributed by atoms with E-state index in [0.29, 0.717) is 0 Å². The lowest BCUT2D eigenvalue weighted by Crippen LogP contribution is -2.21. The summed E-state index contributed by atoms with van der Waals surface area (Å²) in [5, 5.41) is 11.7. The van der Waals surface area contributed by atoms with E-state index in [-0.39, 0.29) is 11.7 Å². The zero-order valence-corrected chi connectivity index (χ0v) is 11.1. The van der Waals surface area contributed by atoms with Crippen molar-refractivity contribution in [3.63, 3.8) is 0 Å². The fraction of sp³-hybridized carbons (Fsp3) is 0.188. The lowest BCUT2D eigenvalue weighted by molar-refractivity contribution is 0.0690. The Balaban J connectivity index is 1.81. The van der Waals surface area contributed by atoms with Crippen molar-refractivity contribution in [3.05, 3.63) is 64.7 Å². The Bertz CT molecular complexity index is 690. The van der Waals surface area contributed by atoms with E-state index in [1.54, 1.807) is 0 Å². The third-order valence-electron chi connectivity index (χ3n) is 3.72. The first kappa shape index (κ1) is 13.5. The molecule has 0 saturated heterocycles. The molecule has 0 saturated carbocycles. The van der Waals surface area contributed by atoms with Gasteiger partial charge in [-0.25, -0.2) is 13.6 Å². The van der Waals surface area contributed by atoms with Gasteiger partial charge in [-0.2, -0.15) is 0 Å². The van der Waals surface area contributed by atoms with Crippen LogP contribution in [0.4, 0.5) is 14.5 Å². The normalized spacial score (nSPS) is 14.0. The molecular formula is C16H13F2NO2. The molecule has 5 heteroatoms. The Labute approximate surface area is 120 Å². The molecule has 0 heterocycles. The predicted molar refractivity (Wildman–Crippen MR) is 74.6 cm³/mol. The van der Waals surface area contributed by atoms with Crippen molar-refractivity contribution >= 4 is 11.7 Å². The lowest BCUT2D eigenvalue weighted by Gasteiger charge is -2.15. The van der Waals surface area contributed by atoms with E-state index in [1.165, 1.54) is 17.2 Å². The summed E-state index contributed by atoms with van der Waals surface area (Å²) in [6, 6.07) is 10.2. The first-order valence-corrected chi connectivity index (χ1v) is 6.61. The summed E-state index contributed by atoms with van der Waals surface area (Å²) < 4.78 is 27.6. The summed E-state index contributed by atoms with van der Waals surface area (Å²) in [6.45, 7) is 0. The number of carboxylic acid groups (broad SMARTS) is 1. The van der Waals surface area contributed by atoms with Gasteiger partial charge in [0, 0.05) is 6.04 Å². The van der Waals surface area contributed by atoms with Gasteiger partial charge < -0.3 is 10.4 Å². The monoisotopic (exact) mass is 289 g/mol. The van der Waals surface area contributed by atoms with Crippen LogP contribution in [0.3, 0.4) is 0 Å². The van der Waals surface area contributed by atoms with Crippen LogP contribution in [-0.4, -0.2) is 17.1 Å². The molecular weight excluding hydrogens is 276 g/mol. The summed E-state index contributed by atoms with van der Waals surface area (Å²) in [5.41, 5.74) is 1.72. The van der Waals surface area contributed by atoms with Gasteiger partial charge in [-0.15, -0.1) is 0 Å². The topological polar surface area (TPSA) is 49.3 Å². The Kier molecular flexibility index (Phi) is 3.33. The molecule has 1 aliphatic rings. The molecule has 1 aliphatic carbocycles. The zero-order chi connectivity index (χ0) is 15.0. The van der Waals surface area contributed by atoms with E-state index in [4.69, 9.17) is 5.11 Å². The van der Waals surface area contributed by atoms with E-state index in [9.17, 15) is 13.6 Å². The van der Waals surface area contributed by atoms with Crippen molar-refractivity contribution in [1.29, 1.82) is 0 Å². The van der Waals surface area contributed by atoms with Gasteiger partial charge in [0.15, 0.2) is 11.6 Å². The summed E-state index contributed by atoms with van der Waals surface area (Å²) >= 11 is 0. The van der Waals surface area contributed by atoms with Crippen LogP contribution < -0.4 is 5.32 Å². The van der Waals surface area contributed by atoms with Gasteiger partial charge in [-0.3, -0.25) is 0 Å². The molecule has 0 fully saturated rings. The van der Waals surface area contributed by atoms with Gasteiger partial charge in [-0.1, -0.05) is 24.3 Å². The van der Waals surface area contributed by atoms with E-state index in [0.717, 1.165) is 18.9 Å². The highest BCUT2D eigenvalue weighted by Gasteiger charge is 2.23. The van der Waals surface area contributed by atoms with Gasteiger partial charge >= 0.3 is 5.97 Å². The zero-order valence-electron chi connectivity index (χ0n) is 11.1. The highest BCUT2D eigenvalue weighted by atomic mass is 19.2. The molecule has 0 atom stereocenters. The second kappa shape index (κ2) is 5.16. The summed E-state index contributed by atoms with van der Waals surface area (Å²) in [7, 11) is 0. The summed E-state index contributed by atoms with van der Waals surface area (Å²) in [4.78, 5) is 10.8. The summed E-state index contributed by atoms with van der Waals surface area (Å²) in [6.07, 6.45) is 1.47. The van der Waals surface area contributed by atoms with Gasteiger partial charge in [0.1, 0.15) is 0 Å². The molecule has 2 aromatic rings. The number of aromatic carboxylic acids is 1. The van der Waals surface area contributed by atoms with Crippen molar-refractivity contribution in [2.24, 2.45) is 0 Å². The number of anilines is 1. The molecule has 3 nitrogen and oxygen atoms in total. The third kappa shape index (κ3) is 2.46. The average Bonchev–Trinajstić information content (AvgIpc) is 2.86. The van der Waals surface area contributed by atoms with Gasteiger partial charge in [0.25, 0.3) is 0 Å². The Morgan fingerprint density at radius 3 is 2.24 bits per heavy atom. The number of rotatable bonds is 3. The Hall–Kier alpha value is -2.43. The maximum absolute atomic E-state index is 13.9. The number of fused-ring (bicyclic) bond motifs is 1. The Morgan fingerprint density at radius 1 is 1.05 bits per heavy atom. The van der Waals surface area contributed by atoms with Gasteiger partial charge in [-0.05, 0) is 36.1 Å². The van der Waals surface area contributed by atoms with E-state index < -0.39 is 23.2 Å².